The molecule has 5 nitrogen and oxygen atoms in total. The first-order chi connectivity index (χ1) is 17.0. The monoisotopic (exact) mass is 510 g/mol. The number of ether oxygens (including phenoxy) is 2. The van der Waals surface area contributed by atoms with Gasteiger partial charge in [0.25, 0.3) is 0 Å². The molecule has 2 aromatic carbocycles. The van der Waals surface area contributed by atoms with Gasteiger partial charge < -0.3 is 19.5 Å². The second-order valence-corrected chi connectivity index (χ2v) is 9.91. The lowest BCUT2D eigenvalue weighted by molar-refractivity contribution is -0.0254. The van der Waals surface area contributed by atoms with Crippen LogP contribution in [0.3, 0.4) is 0 Å². The van der Waals surface area contributed by atoms with E-state index in [1.807, 2.05) is 30.3 Å². The number of pyridine rings is 1. The van der Waals surface area contributed by atoms with Crippen molar-refractivity contribution in [3.8, 4) is 17.4 Å². The molecule has 0 saturated carbocycles. The van der Waals surface area contributed by atoms with Gasteiger partial charge in [0.05, 0.1) is 22.8 Å². The lowest BCUT2D eigenvalue weighted by atomic mass is 9.84. The molecule has 0 unspecified atom stereocenters. The van der Waals surface area contributed by atoms with Crippen LogP contribution >= 0.6 is 23.2 Å². The number of aliphatic hydroxyl groups is 1. The molecule has 2 aliphatic rings. The number of fused-ring (bicyclic) bond motifs is 2. The first-order valence-electron chi connectivity index (χ1n) is 11.9. The molecule has 0 bridgehead atoms. The summed E-state index contributed by atoms with van der Waals surface area (Å²) in [4.78, 5) is 6.88. The molecule has 0 atom stereocenters. The zero-order valence-corrected chi connectivity index (χ0v) is 21.1. The fraction of sp³-hybridized carbons (Fsp3) is 0.321. The molecular weight excluding hydrogens is 483 g/mol. The first kappa shape index (κ1) is 24.1. The molecule has 0 aliphatic carbocycles. The molecule has 1 aromatic heterocycles. The van der Waals surface area contributed by atoms with Crippen LogP contribution in [-0.2, 0) is 12.0 Å². The molecule has 182 valence electrons. The number of nitrogens with zero attached hydrogens (tertiary/aromatic N) is 2. The lowest BCUT2D eigenvalue weighted by Gasteiger charge is -2.38. The number of allylic oxidation sites excluding steroid dienone is 1. The number of aromatic nitrogens is 1. The van der Waals surface area contributed by atoms with Gasteiger partial charge in [0.15, 0.2) is 0 Å². The number of methoxy groups -OCH3 is 1. The Balaban J connectivity index is 1.28. The predicted molar refractivity (Wildman–Crippen MR) is 140 cm³/mol. The number of hydrogen-bond donors (Lipinski definition) is 1. The van der Waals surface area contributed by atoms with Gasteiger partial charge in [-0.05, 0) is 66.8 Å². The molecule has 35 heavy (non-hydrogen) atoms. The fourth-order valence-electron chi connectivity index (χ4n) is 4.94. The van der Waals surface area contributed by atoms with Crippen molar-refractivity contribution < 1.29 is 14.6 Å². The van der Waals surface area contributed by atoms with Gasteiger partial charge in [-0.25, -0.2) is 4.98 Å². The standard InChI is InChI=1S/C28H28Cl2N2O3/c1-34-25-7-2-8-26-22(25)17-19(21-6-3-13-31-27(21)35-26)5-4-14-32-15-11-28(33,12-16-32)20-9-10-23(29)24(30)18-20/h2-3,5-10,13,18,33H,4,11-12,14-17H2,1H3/b19-5-. The van der Waals surface area contributed by atoms with Gasteiger partial charge in [-0.3, -0.25) is 0 Å². The van der Waals surface area contributed by atoms with E-state index in [4.69, 9.17) is 32.7 Å². The lowest BCUT2D eigenvalue weighted by Crippen LogP contribution is -2.42. The van der Waals surface area contributed by atoms with Crippen LogP contribution in [0.2, 0.25) is 10.0 Å². The Morgan fingerprint density at radius 2 is 1.94 bits per heavy atom. The van der Waals surface area contributed by atoms with Crippen molar-refractivity contribution >= 4 is 28.8 Å². The smallest absolute Gasteiger partial charge is 0.226 e. The quantitative estimate of drug-likeness (QED) is 0.424. The van der Waals surface area contributed by atoms with Gasteiger partial charge in [0.1, 0.15) is 11.5 Å². The predicted octanol–water partition coefficient (Wildman–Crippen LogP) is 6.50. The maximum absolute atomic E-state index is 11.2. The fourth-order valence-corrected chi connectivity index (χ4v) is 5.24. The van der Waals surface area contributed by atoms with Gasteiger partial charge in [-0.2, -0.15) is 0 Å². The summed E-state index contributed by atoms with van der Waals surface area (Å²) in [5.74, 6) is 2.22. The van der Waals surface area contributed by atoms with Crippen molar-refractivity contribution in [2.24, 2.45) is 0 Å². The normalized spacial score (nSPS) is 18.3. The van der Waals surface area contributed by atoms with Gasteiger partial charge >= 0.3 is 0 Å². The van der Waals surface area contributed by atoms with Crippen LogP contribution in [0.5, 0.6) is 17.4 Å². The molecule has 1 N–H and O–H groups in total. The maximum atomic E-state index is 11.2. The highest BCUT2D eigenvalue weighted by atomic mass is 35.5. The van der Waals surface area contributed by atoms with Crippen molar-refractivity contribution in [1.82, 2.24) is 9.88 Å². The third-order valence-electron chi connectivity index (χ3n) is 6.98. The van der Waals surface area contributed by atoms with Crippen molar-refractivity contribution in [1.29, 1.82) is 0 Å². The summed E-state index contributed by atoms with van der Waals surface area (Å²) in [7, 11) is 1.69. The van der Waals surface area contributed by atoms with E-state index in [1.165, 1.54) is 5.57 Å². The van der Waals surface area contributed by atoms with Gasteiger partial charge in [0.2, 0.25) is 5.88 Å². The molecule has 0 amide bonds. The zero-order valence-electron chi connectivity index (χ0n) is 19.6. The number of likely N-dealkylation sites (tertiary alicyclic amines) is 1. The number of rotatable bonds is 5. The van der Waals surface area contributed by atoms with Crippen molar-refractivity contribution in [2.45, 2.75) is 31.3 Å². The molecule has 7 heteroatoms. The highest BCUT2D eigenvalue weighted by Crippen LogP contribution is 2.41. The van der Waals surface area contributed by atoms with Crippen molar-refractivity contribution in [2.75, 3.05) is 26.7 Å². The van der Waals surface area contributed by atoms with Gasteiger partial charge in [-0.15, -0.1) is 0 Å². The summed E-state index contributed by atoms with van der Waals surface area (Å²) in [5, 5.41) is 12.2. The van der Waals surface area contributed by atoms with Crippen LogP contribution in [0.4, 0.5) is 0 Å². The van der Waals surface area contributed by atoms with Crippen LogP contribution in [0.25, 0.3) is 5.57 Å². The van der Waals surface area contributed by atoms with Crippen LogP contribution in [0, 0.1) is 0 Å². The SMILES string of the molecule is COc1cccc2c1C/C(=C/CCN1CCC(O)(c3ccc(Cl)c(Cl)c3)CC1)c1cccnc1O2. The number of hydrogen-bond acceptors (Lipinski definition) is 5. The Labute approximate surface area is 215 Å². The highest BCUT2D eigenvalue weighted by Gasteiger charge is 2.34. The number of piperidine rings is 1. The average Bonchev–Trinajstić information content (AvgIpc) is 3.03. The minimum Gasteiger partial charge on any atom is -0.496 e. The topological polar surface area (TPSA) is 54.8 Å². The largest absolute Gasteiger partial charge is 0.496 e. The van der Waals surface area contributed by atoms with Crippen molar-refractivity contribution in [3.63, 3.8) is 0 Å². The third kappa shape index (κ3) is 5.05. The summed E-state index contributed by atoms with van der Waals surface area (Å²) >= 11 is 12.2. The van der Waals surface area contributed by atoms with E-state index >= 15 is 0 Å². The summed E-state index contributed by atoms with van der Waals surface area (Å²) in [6, 6.07) is 15.3. The molecule has 3 heterocycles. The Morgan fingerprint density at radius 1 is 1.11 bits per heavy atom. The molecule has 1 fully saturated rings. The van der Waals surface area contributed by atoms with Crippen LogP contribution in [-0.4, -0.2) is 41.7 Å². The minimum absolute atomic E-state index is 0.479. The summed E-state index contributed by atoms with van der Waals surface area (Å²) < 4.78 is 11.8. The van der Waals surface area contributed by atoms with E-state index < -0.39 is 5.60 Å². The van der Waals surface area contributed by atoms with Crippen LogP contribution in [0.15, 0.2) is 60.8 Å². The molecule has 5 rings (SSSR count). The second-order valence-electron chi connectivity index (χ2n) is 9.09. The third-order valence-corrected chi connectivity index (χ3v) is 7.72. The molecule has 3 aromatic rings. The zero-order chi connectivity index (χ0) is 24.4. The van der Waals surface area contributed by atoms with E-state index in [2.05, 4.69) is 22.0 Å². The molecule has 2 aliphatic heterocycles. The summed E-state index contributed by atoms with van der Waals surface area (Å²) in [6.45, 7) is 2.55. The van der Waals surface area contributed by atoms with E-state index in [1.54, 1.807) is 25.4 Å². The maximum Gasteiger partial charge on any atom is 0.226 e. The number of benzene rings is 2. The van der Waals surface area contributed by atoms with Gasteiger partial charge in [-0.1, -0.05) is 41.4 Å². The molecule has 0 radical (unpaired) electrons. The summed E-state index contributed by atoms with van der Waals surface area (Å²) in [6.07, 6.45) is 6.96. The van der Waals surface area contributed by atoms with E-state index in [0.29, 0.717) is 28.8 Å². The Bertz CT molecular complexity index is 1250. The molecule has 1 saturated heterocycles. The van der Waals surface area contributed by atoms with Crippen LogP contribution in [0.1, 0.15) is 36.0 Å². The first-order valence-corrected chi connectivity index (χ1v) is 12.6. The Kier molecular flexibility index (Phi) is 7.03. The van der Waals surface area contributed by atoms with E-state index in [0.717, 1.165) is 60.7 Å². The van der Waals surface area contributed by atoms with Crippen molar-refractivity contribution in [3.05, 3.63) is 87.5 Å². The molecule has 0 spiro atoms. The molecular formula is C28H28Cl2N2O3. The van der Waals surface area contributed by atoms with E-state index in [9.17, 15) is 5.11 Å². The number of halogens is 2. The summed E-state index contributed by atoms with van der Waals surface area (Å²) in [5.41, 5.74) is 3.19. The van der Waals surface area contributed by atoms with Gasteiger partial charge in [0, 0.05) is 43.4 Å². The highest BCUT2D eigenvalue weighted by molar-refractivity contribution is 6.42. The van der Waals surface area contributed by atoms with Crippen LogP contribution < -0.4 is 9.47 Å². The second kappa shape index (κ2) is 10.2. The average molecular weight is 511 g/mol. The Morgan fingerprint density at radius 3 is 2.71 bits per heavy atom. The Hall–Kier alpha value is -2.57. The minimum atomic E-state index is -0.868. The van der Waals surface area contributed by atoms with E-state index in [-0.39, 0.29) is 0 Å².